The van der Waals surface area contributed by atoms with Crippen LogP contribution in [0.25, 0.3) is 0 Å². The van der Waals surface area contributed by atoms with Gasteiger partial charge in [-0.15, -0.1) is 0 Å². The molecule has 0 N–H and O–H groups in total. The van der Waals surface area contributed by atoms with Crippen molar-refractivity contribution in [1.29, 1.82) is 0 Å². The number of aromatic nitrogens is 1. The fourth-order valence-corrected chi connectivity index (χ4v) is 1.79. The van der Waals surface area contributed by atoms with Gasteiger partial charge in [-0.25, -0.2) is 9.59 Å². The average molecular weight is 267 g/mol. The predicted molar refractivity (Wildman–Crippen MR) is 71.3 cm³/mol. The summed E-state index contributed by atoms with van der Waals surface area (Å²) in [7, 11) is 0. The molecular weight excluding hydrogens is 246 g/mol. The van der Waals surface area contributed by atoms with Crippen molar-refractivity contribution in [2.24, 2.45) is 0 Å². The third kappa shape index (κ3) is 3.84. The van der Waals surface area contributed by atoms with Crippen molar-refractivity contribution in [2.45, 2.75) is 40.2 Å². The van der Waals surface area contributed by atoms with Crippen molar-refractivity contribution >= 4 is 11.9 Å². The largest absolute Gasteiger partial charge is 0.462 e. The molecule has 0 bridgehead atoms. The zero-order chi connectivity index (χ0) is 14.3. The fourth-order valence-electron chi connectivity index (χ4n) is 1.79. The van der Waals surface area contributed by atoms with Crippen molar-refractivity contribution in [2.75, 3.05) is 13.2 Å². The van der Waals surface area contributed by atoms with Crippen LogP contribution in [0.3, 0.4) is 0 Å². The summed E-state index contributed by atoms with van der Waals surface area (Å²) in [4.78, 5) is 23.8. The summed E-state index contributed by atoms with van der Waals surface area (Å²) >= 11 is 0. The number of ether oxygens (including phenoxy) is 2. The fraction of sp³-hybridized carbons (Fsp3) is 0.571. The number of unbranched alkanes of at least 4 members (excludes halogenated alkanes) is 1. The minimum Gasteiger partial charge on any atom is -0.462 e. The van der Waals surface area contributed by atoms with Crippen molar-refractivity contribution in [3.8, 4) is 0 Å². The Balaban J connectivity index is 3.06. The maximum Gasteiger partial charge on any atom is 0.355 e. The molecule has 0 aliphatic carbocycles. The molecule has 0 fully saturated rings. The van der Waals surface area contributed by atoms with Crippen molar-refractivity contribution in [3.63, 3.8) is 0 Å². The number of nitrogens with zero attached hydrogens (tertiary/aromatic N) is 1. The molecule has 0 spiro atoms. The Hall–Kier alpha value is -1.78. The summed E-state index contributed by atoms with van der Waals surface area (Å²) in [5.74, 6) is -0.965. The Morgan fingerprint density at radius 3 is 2.32 bits per heavy atom. The van der Waals surface area contributed by atoms with Gasteiger partial charge in [-0.2, -0.15) is 0 Å². The second kappa shape index (κ2) is 7.61. The first-order chi connectivity index (χ1) is 9.15. The van der Waals surface area contributed by atoms with Gasteiger partial charge in [0.05, 0.1) is 18.8 Å². The molecule has 0 saturated heterocycles. The predicted octanol–water partition coefficient (Wildman–Crippen LogP) is 2.64. The van der Waals surface area contributed by atoms with Gasteiger partial charge in [0.25, 0.3) is 0 Å². The Morgan fingerprint density at radius 1 is 1.11 bits per heavy atom. The highest BCUT2D eigenvalue weighted by Gasteiger charge is 2.23. The molecule has 1 aromatic rings. The number of carbonyl (C=O) groups excluding carboxylic acids is 2. The van der Waals surface area contributed by atoms with Crippen LogP contribution in [0.15, 0.2) is 12.3 Å². The summed E-state index contributed by atoms with van der Waals surface area (Å²) in [5, 5.41) is 0. The third-order valence-corrected chi connectivity index (χ3v) is 2.68. The van der Waals surface area contributed by atoms with Crippen molar-refractivity contribution in [1.82, 2.24) is 4.57 Å². The number of esters is 2. The smallest absolute Gasteiger partial charge is 0.355 e. The lowest BCUT2D eigenvalue weighted by molar-refractivity contribution is 0.0470. The Bertz CT molecular complexity index is 437. The van der Waals surface area contributed by atoms with E-state index in [-0.39, 0.29) is 24.5 Å². The number of hydrogen-bond acceptors (Lipinski definition) is 4. The zero-order valence-corrected chi connectivity index (χ0v) is 11.8. The van der Waals surface area contributed by atoms with E-state index in [0.29, 0.717) is 6.54 Å². The van der Waals surface area contributed by atoms with Crippen LogP contribution in [0.1, 0.15) is 54.5 Å². The molecule has 1 heterocycles. The van der Waals surface area contributed by atoms with Gasteiger partial charge in [0.2, 0.25) is 0 Å². The van der Waals surface area contributed by atoms with Gasteiger partial charge in [0.15, 0.2) is 0 Å². The second-order valence-corrected chi connectivity index (χ2v) is 4.07. The van der Waals surface area contributed by atoms with Gasteiger partial charge in [0.1, 0.15) is 5.69 Å². The highest BCUT2D eigenvalue weighted by molar-refractivity contribution is 6.02. The SMILES string of the molecule is CCCCn1ccc(C(=O)OCC)c1C(=O)OCC. The minimum absolute atomic E-state index is 0.274. The van der Waals surface area contributed by atoms with E-state index in [2.05, 4.69) is 6.92 Å². The van der Waals surface area contributed by atoms with Crippen LogP contribution in [0.2, 0.25) is 0 Å². The lowest BCUT2D eigenvalue weighted by Gasteiger charge is -2.09. The molecule has 5 nitrogen and oxygen atoms in total. The molecule has 0 saturated carbocycles. The van der Waals surface area contributed by atoms with E-state index in [4.69, 9.17) is 9.47 Å². The molecule has 1 aromatic heterocycles. The van der Waals surface area contributed by atoms with Gasteiger partial charge < -0.3 is 14.0 Å². The molecule has 5 heteroatoms. The van der Waals surface area contributed by atoms with Crippen molar-refractivity contribution in [3.05, 3.63) is 23.5 Å². The Morgan fingerprint density at radius 2 is 1.74 bits per heavy atom. The summed E-state index contributed by atoms with van der Waals surface area (Å²) in [5.41, 5.74) is 0.560. The first-order valence-corrected chi connectivity index (χ1v) is 6.69. The lowest BCUT2D eigenvalue weighted by Crippen LogP contribution is -2.17. The first-order valence-electron chi connectivity index (χ1n) is 6.69. The normalized spacial score (nSPS) is 10.3. The molecule has 1 rings (SSSR count). The van der Waals surface area contributed by atoms with E-state index in [1.807, 2.05) is 0 Å². The molecule has 0 aliphatic heterocycles. The van der Waals surface area contributed by atoms with Crippen molar-refractivity contribution < 1.29 is 19.1 Å². The van der Waals surface area contributed by atoms with E-state index < -0.39 is 11.9 Å². The van der Waals surface area contributed by atoms with Crippen LogP contribution in [0.5, 0.6) is 0 Å². The quantitative estimate of drug-likeness (QED) is 0.713. The highest BCUT2D eigenvalue weighted by Crippen LogP contribution is 2.15. The van der Waals surface area contributed by atoms with Gasteiger partial charge in [-0.3, -0.25) is 0 Å². The highest BCUT2D eigenvalue weighted by atomic mass is 16.5. The van der Waals surface area contributed by atoms with Gasteiger partial charge >= 0.3 is 11.9 Å². The van der Waals surface area contributed by atoms with Gasteiger partial charge in [-0.1, -0.05) is 13.3 Å². The molecule has 19 heavy (non-hydrogen) atoms. The zero-order valence-electron chi connectivity index (χ0n) is 11.8. The van der Waals surface area contributed by atoms with E-state index in [0.717, 1.165) is 12.8 Å². The second-order valence-electron chi connectivity index (χ2n) is 4.07. The maximum absolute atomic E-state index is 12.0. The van der Waals surface area contributed by atoms with E-state index in [9.17, 15) is 9.59 Å². The van der Waals surface area contributed by atoms with E-state index >= 15 is 0 Å². The van der Waals surface area contributed by atoms with Crippen LogP contribution in [0, 0.1) is 0 Å². The molecule has 0 aliphatic rings. The molecule has 0 amide bonds. The standard InChI is InChI=1S/C14H21NO4/c1-4-7-9-15-10-8-11(13(16)18-5-2)12(15)14(17)19-6-3/h8,10H,4-7,9H2,1-3H3. The number of aryl methyl sites for hydroxylation is 1. The topological polar surface area (TPSA) is 57.5 Å². The van der Waals surface area contributed by atoms with Crippen LogP contribution >= 0.6 is 0 Å². The molecule has 0 radical (unpaired) electrons. The molecule has 0 atom stereocenters. The molecule has 106 valence electrons. The Labute approximate surface area is 113 Å². The van der Waals surface area contributed by atoms with E-state index in [1.165, 1.54) is 0 Å². The van der Waals surface area contributed by atoms with Gasteiger partial charge in [0, 0.05) is 12.7 Å². The first kappa shape index (κ1) is 15.3. The minimum atomic E-state index is -0.485. The monoisotopic (exact) mass is 267 g/mol. The third-order valence-electron chi connectivity index (χ3n) is 2.68. The summed E-state index contributed by atoms with van der Waals surface area (Å²) < 4.78 is 11.7. The van der Waals surface area contributed by atoms with Crippen LogP contribution < -0.4 is 0 Å². The summed E-state index contributed by atoms with van der Waals surface area (Å²) in [6.45, 7) is 6.78. The number of rotatable bonds is 7. The summed E-state index contributed by atoms with van der Waals surface area (Å²) in [6, 6.07) is 1.61. The van der Waals surface area contributed by atoms with Crippen LogP contribution in [0.4, 0.5) is 0 Å². The average Bonchev–Trinajstić information content (AvgIpc) is 2.80. The van der Waals surface area contributed by atoms with Gasteiger partial charge in [-0.05, 0) is 26.3 Å². The van der Waals surface area contributed by atoms with Crippen LogP contribution in [-0.2, 0) is 16.0 Å². The molecule has 0 aromatic carbocycles. The number of carbonyl (C=O) groups is 2. The lowest BCUT2D eigenvalue weighted by atomic mass is 10.2. The molecular formula is C14H21NO4. The Kier molecular flexibility index (Phi) is 6.12. The maximum atomic E-state index is 12.0. The van der Waals surface area contributed by atoms with E-state index in [1.54, 1.807) is 30.7 Å². The molecule has 0 unspecified atom stereocenters. The number of hydrogen-bond donors (Lipinski definition) is 0. The van der Waals surface area contributed by atoms with Crippen LogP contribution in [-0.4, -0.2) is 29.7 Å². The summed E-state index contributed by atoms with van der Waals surface area (Å²) in [6.07, 6.45) is 3.67.